The molecule has 3 heteroatoms. The largest absolute Gasteiger partial charge is 0.494 e. The van der Waals surface area contributed by atoms with Gasteiger partial charge in [0, 0.05) is 13.1 Å². The zero-order chi connectivity index (χ0) is 12.0. The molecule has 16 heavy (non-hydrogen) atoms. The van der Waals surface area contributed by atoms with E-state index < -0.39 is 0 Å². The second-order valence-corrected chi connectivity index (χ2v) is 4.12. The molecule has 1 unspecified atom stereocenters. The Morgan fingerprint density at radius 3 is 2.44 bits per heavy atom. The molecule has 1 N–H and O–H groups in total. The first kappa shape index (κ1) is 13.0. The van der Waals surface area contributed by atoms with Gasteiger partial charge in [0.25, 0.3) is 0 Å². The molecule has 0 saturated heterocycles. The molecule has 3 nitrogen and oxygen atoms in total. The number of hydrogen-bond acceptors (Lipinski definition) is 3. The van der Waals surface area contributed by atoms with E-state index in [1.165, 1.54) is 5.56 Å². The second-order valence-electron chi connectivity index (χ2n) is 4.12. The van der Waals surface area contributed by atoms with E-state index in [4.69, 9.17) is 4.74 Å². The zero-order valence-electron chi connectivity index (χ0n) is 10.3. The molecule has 0 heterocycles. The van der Waals surface area contributed by atoms with Crippen LogP contribution in [-0.2, 0) is 6.54 Å². The Kier molecular flexibility index (Phi) is 5.29. The van der Waals surface area contributed by atoms with Crippen molar-refractivity contribution < 1.29 is 9.84 Å². The van der Waals surface area contributed by atoms with Crippen molar-refractivity contribution in [1.29, 1.82) is 0 Å². The monoisotopic (exact) mass is 223 g/mol. The van der Waals surface area contributed by atoms with Crippen LogP contribution in [0.5, 0.6) is 5.75 Å². The van der Waals surface area contributed by atoms with Crippen LogP contribution in [0.15, 0.2) is 24.3 Å². The van der Waals surface area contributed by atoms with Crippen molar-refractivity contribution in [3.05, 3.63) is 29.8 Å². The Labute approximate surface area is 97.7 Å². The van der Waals surface area contributed by atoms with Gasteiger partial charge in [-0.1, -0.05) is 12.1 Å². The fourth-order valence-corrected chi connectivity index (χ4v) is 1.69. The minimum atomic E-state index is -0.285. The number of ether oxygens (including phenoxy) is 1. The molecule has 0 aliphatic carbocycles. The van der Waals surface area contributed by atoms with Gasteiger partial charge >= 0.3 is 0 Å². The predicted octanol–water partition coefficient (Wildman–Crippen LogP) is 1.90. The number of likely N-dealkylation sites (N-methyl/N-ethyl adjacent to an activating group) is 1. The van der Waals surface area contributed by atoms with E-state index in [9.17, 15) is 5.11 Å². The summed E-state index contributed by atoms with van der Waals surface area (Å²) in [5, 5.41) is 9.25. The van der Waals surface area contributed by atoms with Gasteiger partial charge in [-0.05, 0) is 38.6 Å². The molecule has 1 rings (SSSR count). The van der Waals surface area contributed by atoms with Gasteiger partial charge in [0.05, 0.1) is 12.7 Å². The Hall–Kier alpha value is -1.06. The van der Waals surface area contributed by atoms with Crippen molar-refractivity contribution in [3.63, 3.8) is 0 Å². The van der Waals surface area contributed by atoms with Crippen LogP contribution in [0, 0.1) is 0 Å². The standard InChI is InChI=1S/C13H21NO2/c1-4-16-13-7-5-12(6-8-13)10-14(3)9-11(2)15/h5-8,11,15H,4,9-10H2,1-3H3. The SMILES string of the molecule is CCOc1ccc(CN(C)CC(C)O)cc1. The Morgan fingerprint density at radius 2 is 1.94 bits per heavy atom. The molecule has 0 saturated carbocycles. The predicted molar refractivity (Wildman–Crippen MR) is 65.6 cm³/mol. The van der Waals surface area contributed by atoms with E-state index in [0.717, 1.165) is 12.3 Å². The maximum atomic E-state index is 9.25. The molecule has 1 atom stereocenters. The van der Waals surface area contributed by atoms with Crippen molar-refractivity contribution >= 4 is 0 Å². The molecule has 0 aliphatic heterocycles. The van der Waals surface area contributed by atoms with E-state index in [-0.39, 0.29) is 6.10 Å². The minimum Gasteiger partial charge on any atom is -0.494 e. The third-order valence-electron chi connectivity index (χ3n) is 2.26. The lowest BCUT2D eigenvalue weighted by atomic mass is 10.2. The summed E-state index contributed by atoms with van der Waals surface area (Å²) in [4.78, 5) is 2.10. The Morgan fingerprint density at radius 1 is 1.31 bits per heavy atom. The van der Waals surface area contributed by atoms with E-state index in [1.807, 2.05) is 26.1 Å². The number of hydrogen-bond donors (Lipinski definition) is 1. The highest BCUT2D eigenvalue weighted by Gasteiger charge is 2.03. The minimum absolute atomic E-state index is 0.285. The normalized spacial score (nSPS) is 12.8. The van der Waals surface area contributed by atoms with Crippen LogP contribution in [0.1, 0.15) is 19.4 Å². The fourth-order valence-electron chi connectivity index (χ4n) is 1.69. The number of rotatable bonds is 6. The molecule has 0 radical (unpaired) electrons. The molecule has 1 aromatic rings. The van der Waals surface area contributed by atoms with Crippen LogP contribution in [0.25, 0.3) is 0 Å². The maximum absolute atomic E-state index is 9.25. The molecule has 0 spiro atoms. The highest BCUT2D eigenvalue weighted by Crippen LogP contribution is 2.13. The summed E-state index contributed by atoms with van der Waals surface area (Å²) < 4.78 is 5.38. The Balaban J connectivity index is 2.48. The van der Waals surface area contributed by atoms with Crippen LogP contribution in [0.2, 0.25) is 0 Å². The van der Waals surface area contributed by atoms with Crippen LogP contribution in [0.4, 0.5) is 0 Å². The highest BCUT2D eigenvalue weighted by atomic mass is 16.5. The maximum Gasteiger partial charge on any atom is 0.119 e. The van der Waals surface area contributed by atoms with Gasteiger partial charge in [-0.15, -0.1) is 0 Å². The zero-order valence-corrected chi connectivity index (χ0v) is 10.3. The third kappa shape index (κ3) is 4.64. The summed E-state index contributed by atoms with van der Waals surface area (Å²) in [5.41, 5.74) is 1.23. The summed E-state index contributed by atoms with van der Waals surface area (Å²) in [7, 11) is 2.00. The van der Waals surface area contributed by atoms with Gasteiger partial charge in [-0.3, -0.25) is 4.90 Å². The molecule has 1 aromatic carbocycles. The first-order valence-corrected chi connectivity index (χ1v) is 5.70. The van der Waals surface area contributed by atoms with Crippen molar-refractivity contribution in [3.8, 4) is 5.75 Å². The van der Waals surface area contributed by atoms with Crippen molar-refractivity contribution in [1.82, 2.24) is 4.90 Å². The number of benzene rings is 1. The van der Waals surface area contributed by atoms with Gasteiger partial charge in [-0.2, -0.15) is 0 Å². The van der Waals surface area contributed by atoms with Crippen molar-refractivity contribution in [2.75, 3.05) is 20.2 Å². The molecule has 90 valence electrons. The molecule has 0 fully saturated rings. The summed E-state index contributed by atoms with van der Waals surface area (Å²) in [5.74, 6) is 0.907. The molecule has 0 aliphatic rings. The van der Waals surface area contributed by atoms with E-state index in [0.29, 0.717) is 13.2 Å². The van der Waals surface area contributed by atoms with Gasteiger partial charge in [0.2, 0.25) is 0 Å². The second kappa shape index (κ2) is 6.51. The Bertz CT molecular complexity index is 295. The van der Waals surface area contributed by atoms with Crippen molar-refractivity contribution in [2.45, 2.75) is 26.5 Å². The topological polar surface area (TPSA) is 32.7 Å². The molecular weight excluding hydrogens is 202 g/mol. The fraction of sp³-hybridized carbons (Fsp3) is 0.538. The lowest BCUT2D eigenvalue weighted by molar-refractivity contribution is 0.138. The first-order valence-electron chi connectivity index (χ1n) is 5.70. The van der Waals surface area contributed by atoms with Gasteiger partial charge in [0.15, 0.2) is 0 Å². The smallest absolute Gasteiger partial charge is 0.119 e. The van der Waals surface area contributed by atoms with Crippen LogP contribution in [-0.4, -0.2) is 36.3 Å². The van der Waals surface area contributed by atoms with Crippen LogP contribution in [0.3, 0.4) is 0 Å². The lowest BCUT2D eigenvalue weighted by Gasteiger charge is -2.18. The van der Waals surface area contributed by atoms with E-state index in [1.54, 1.807) is 6.92 Å². The number of aliphatic hydroxyl groups excluding tert-OH is 1. The van der Waals surface area contributed by atoms with Gasteiger partial charge in [-0.25, -0.2) is 0 Å². The van der Waals surface area contributed by atoms with Crippen LogP contribution < -0.4 is 4.74 Å². The average Bonchev–Trinajstić information content (AvgIpc) is 2.20. The molecular formula is C13H21NO2. The van der Waals surface area contributed by atoms with Crippen LogP contribution >= 0.6 is 0 Å². The van der Waals surface area contributed by atoms with Gasteiger partial charge in [0.1, 0.15) is 5.75 Å². The molecule has 0 amide bonds. The summed E-state index contributed by atoms with van der Waals surface area (Å²) in [6.45, 7) is 6.00. The summed E-state index contributed by atoms with van der Waals surface area (Å²) >= 11 is 0. The molecule has 0 bridgehead atoms. The first-order chi connectivity index (χ1) is 7.61. The van der Waals surface area contributed by atoms with E-state index in [2.05, 4.69) is 17.0 Å². The summed E-state index contributed by atoms with van der Waals surface area (Å²) in [6, 6.07) is 8.08. The van der Waals surface area contributed by atoms with Gasteiger partial charge < -0.3 is 9.84 Å². The lowest BCUT2D eigenvalue weighted by Crippen LogP contribution is -2.26. The van der Waals surface area contributed by atoms with E-state index >= 15 is 0 Å². The average molecular weight is 223 g/mol. The molecule has 0 aromatic heterocycles. The summed E-state index contributed by atoms with van der Waals surface area (Å²) in [6.07, 6.45) is -0.285. The quantitative estimate of drug-likeness (QED) is 0.799. The highest BCUT2D eigenvalue weighted by molar-refractivity contribution is 5.27. The van der Waals surface area contributed by atoms with Crippen molar-refractivity contribution in [2.24, 2.45) is 0 Å². The number of aliphatic hydroxyl groups is 1. The number of nitrogens with zero attached hydrogens (tertiary/aromatic N) is 1. The third-order valence-corrected chi connectivity index (χ3v) is 2.26.